The average Bonchev–Trinajstić information content (AvgIpc) is 3.36. The summed E-state index contributed by atoms with van der Waals surface area (Å²) in [6, 6.07) is 7.45. The van der Waals surface area contributed by atoms with Crippen molar-refractivity contribution in [1.82, 2.24) is 9.97 Å². The summed E-state index contributed by atoms with van der Waals surface area (Å²) >= 11 is 8.96. The zero-order valence-electron chi connectivity index (χ0n) is 18.9. The van der Waals surface area contributed by atoms with Crippen LogP contribution in [0.1, 0.15) is 29.9 Å². The van der Waals surface area contributed by atoms with E-state index in [4.69, 9.17) is 22.7 Å². The van der Waals surface area contributed by atoms with E-state index in [0.29, 0.717) is 17.3 Å². The van der Waals surface area contributed by atoms with Crippen molar-refractivity contribution in [3.8, 4) is 10.6 Å². The number of carbonyl (C=O) groups excluding carboxylic acids is 3. The molecule has 0 fully saturated rings. The number of rotatable bonds is 7. The van der Waals surface area contributed by atoms with Gasteiger partial charge in [0.05, 0.1) is 24.1 Å². The lowest BCUT2D eigenvalue weighted by Crippen LogP contribution is -3.00. The van der Waals surface area contributed by atoms with Gasteiger partial charge in [-0.2, -0.15) is 0 Å². The average molecular weight is 648 g/mol. The first kappa shape index (κ1) is 32.4. The summed E-state index contributed by atoms with van der Waals surface area (Å²) in [7, 11) is 0. The maximum atomic E-state index is 11.4. The topological polar surface area (TPSA) is 136 Å². The van der Waals surface area contributed by atoms with Gasteiger partial charge in [-0.25, -0.2) is 19.6 Å². The molecule has 188 valence electrons. The van der Waals surface area contributed by atoms with E-state index < -0.39 is 11.8 Å². The molecule has 0 spiro atoms. The summed E-state index contributed by atoms with van der Waals surface area (Å²) in [6.07, 6.45) is 6.99. The molecule has 3 heterocycles. The molecule has 0 aliphatic heterocycles. The standard InChI is InChI=1S/C11H10N2O2S.C6H6N2S.C5H7BrO3.BrH/c1-2-15-11(14)9-7-16-10(13-9)8-4-3-5-12-6-8;7-6(9)5-2-1-3-8-4-5;1-2-9-5(8)4(7)3-6;/h3-7H,2H2,1H3;1-4H,(H2,7,9);2-3H2,1H3;1H. The van der Waals surface area contributed by atoms with Crippen LogP contribution in [0.15, 0.2) is 54.4 Å². The molecule has 0 aliphatic rings. The number of alkyl halides is 1. The SMILES string of the molecule is CCOC(=O)C(=O)CBr.CCOC(=O)c1csc(-c2ccc[nH+]c2)n1.NC(=S)c1cccnc1.[Br-]. The third-order valence-corrected chi connectivity index (χ3v) is 5.15. The Morgan fingerprint density at radius 3 is 2.37 bits per heavy atom. The normalized spacial score (nSPS) is 9.11. The predicted molar refractivity (Wildman–Crippen MR) is 136 cm³/mol. The molecule has 9 nitrogen and oxygen atoms in total. The van der Waals surface area contributed by atoms with Crippen molar-refractivity contribution in [2.45, 2.75) is 13.8 Å². The van der Waals surface area contributed by atoms with Crippen LogP contribution in [0.5, 0.6) is 0 Å². The zero-order valence-corrected chi connectivity index (χ0v) is 23.7. The fourth-order valence-corrected chi connectivity index (χ4v) is 3.14. The van der Waals surface area contributed by atoms with Crippen LogP contribution >= 0.6 is 39.5 Å². The number of nitrogens with zero attached hydrogens (tertiary/aromatic N) is 2. The zero-order chi connectivity index (χ0) is 25.3. The van der Waals surface area contributed by atoms with Crippen molar-refractivity contribution in [3.63, 3.8) is 0 Å². The number of thiocarbonyl (C=S) groups is 1. The number of nitrogens with two attached hydrogens (primary N) is 1. The Hall–Kier alpha value is -2.61. The van der Waals surface area contributed by atoms with Crippen LogP contribution in [-0.4, -0.2) is 51.2 Å². The summed E-state index contributed by atoms with van der Waals surface area (Å²) in [4.78, 5) is 43.6. The minimum absolute atomic E-state index is 0. The summed E-state index contributed by atoms with van der Waals surface area (Å²) in [5.74, 6) is -1.68. The Bertz CT molecular complexity index is 1070. The molecule has 3 N–H and O–H groups in total. The lowest BCUT2D eigenvalue weighted by Gasteiger charge is -1.95. The number of pyridine rings is 2. The van der Waals surface area contributed by atoms with Gasteiger partial charge in [0.1, 0.15) is 10.00 Å². The van der Waals surface area contributed by atoms with Gasteiger partial charge in [-0.3, -0.25) is 9.78 Å². The van der Waals surface area contributed by atoms with Crippen LogP contribution in [0, 0.1) is 0 Å². The van der Waals surface area contributed by atoms with E-state index in [0.717, 1.165) is 16.1 Å². The third-order valence-electron chi connectivity index (χ3n) is 3.51. The number of carbonyl (C=O) groups is 3. The second-order valence-corrected chi connectivity index (χ2v) is 7.79. The predicted octanol–water partition coefficient (Wildman–Crippen LogP) is 0.0342. The first-order chi connectivity index (χ1) is 16.3. The van der Waals surface area contributed by atoms with Crippen molar-refractivity contribution in [1.29, 1.82) is 0 Å². The van der Waals surface area contributed by atoms with E-state index in [9.17, 15) is 14.4 Å². The van der Waals surface area contributed by atoms with Gasteiger partial charge in [0.25, 0.3) is 0 Å². The number of ketones is 1. The second kappa shape index (κ2) is 18.7. The summed E-state index contributed by atoms with van der Waals surface area (Å²) in [6.45, 7) is 4.04. The van der Waals surface area contributed by atoms with Crippen LogP contribution in [0.3, 0.4) is 0 Å². The van der Waals surface area contributed by atoms with Gasteiger partial charge in [0, 0.05) is 29.4 Å². The Labute approximate surface area is 231 Å². The maximum Gasteiger partial charge on any atom is 0.375 e. The van der Waals surface area contributed by atoms with Crippen LogP contribution in [0.25, 0.3) is 10.6 Å². The highest BCUT2D eigenvalue weighted by molar-refractivity contribution is 9.09. The number of Topliss-reactive ketones (excluding diaryl/α,β-unsaturated/α-hetero) is 1. The van der Waals surface area contributed by atoms with Crippen LogP contribution in [0.2, 0.25) is 0 Å². The fraction of sp³-hybridized carbons (Fsp3) is 0.227. The van der Waals surface area contributed by atoms with E-state index in [2.05, 4.69) is 35.6 Å². The van der Waals surface area contributed by atoms with Gasteiger partial charge in [-0.15, -0.1) is 11.3 Å². The molecular weight excluding hydrogens is 624 g/mol. The number of esters is 2. The highest BCUT2D eigenvalue weighted by Gasteiger charge is 2.13. The van der Waals surface area contributed by atoms with Gasteiger partial charge in [-0.05, 0) is 32.0 Å². The molecule has 35 heavy (non-hydrogen) atoms. The number of hydrogen-bond donors (Lipinski definition) is 1. The number of nitrogens with one attached hydrogen (secondary N) is 1. The number of ether oxygens (including phenoxy) is 2. The van der Waals surface area contributed by atoms with Crippen LogP contribution in [-0.2, 0) is 19.1 Å². The number of aromatic nitrogens is 3. The van der Waals surface area contributed by atoms with E-state index >= 15 is 0 Å². The number of aromatic amines is 1. The lowest BCUT2D eigenvalue weighted by atomic mass is 10.3. The lowest BCUT2D eigenvalue weighted by molar-refractivity contribution is -0.377. The third kappa shape index (κ3) is 12.6. The Morgan fingerprint density at radius 1 is 1.17 bits per heavy atom. The first-order valence-corrected chi connectivity index (χ1v) is 12.3. The first-order valence-electron chi connectivity index (χ1n) is 9.88. The smallest absolute Gasteiger partial charge is 0.375 e. The largest absolute Gasteiger partial charge is 1.00 e. The summed E-state index contributed by atoms with van der Waals surface area (Å²) in [5, 5.41) is 2.55. The van der Waals surface area contributed by atoms with Crippen molar-refractivity contribution >= 4 is 62.2 Å². The van der Waals surface area contributed by atoms with Crippen molar-refractivity contribution in [2.24, 2.45) is 5.73 Å². The Morgan fingerprint density at radius 2 is 1.89 bits per heavy atom. The number of H-pyrrole nitrogens is 1. The highest BCUT2D eigenvalue weighted by atomic mass is 79.9. The molecule has 13 heteroatoms. The van der Waals surface area contributed by atoms with Gasteiger partial charge in [0.15, 0.2) is 18.1 Å². The van der Waals surface area contributed by atoms with Crippen molar-refractivity contribution in [3.05, 3.63) is 65.7 Å². The van der Waals surface area contributed by atoms with E-state index in [-0.39, 0.29) is 34.9 Å². The molecule has 0 saturated carbocycles. The minimum Gasteiger partial charge on any atom is -1.00 e. The van der Waals surface area contributed by atoms with Crippen molar-refractivity contribution < 1.29 is 45.8 Å². The van der Waals surface area contributed by atoms with Gasteiger partial charge >= 0.3 is 11.9 Å². The van der Waals surface area contributed by atoms with Gasteiger partial charge < -0.3 is 32.2 Å². The molecule has 3 rings (SSSR count). The molecule has 0 aliphatic carbocycles. The highest BCUT2D eigenvalue weighted by Crippen LogP contribution is 2.22. The Kier molecular flexibility index (Phi) is 17.3. The molecular formula is C22H24Br2N4O5S2. The molecule has 0 atom stereocenters. The maximum absolute atomic E-state index is 11.4. The number of thiazole rings is 1. The molecule has 0 saturated heterocycles. The molecule has 0 aromatic carbocycles. The fourth-order valence-electron chi connectivity index (χ4n) is 2.01. The second-order valence-electron chi connectivity index (χ2n) is 5.93. The molecule has 0 radical (unpaired) electrons. The van der Waals surface area contributed by atoms with Gasteiger partial charge in [0.2, 0.25) is 5.78 Å². The molecule has 3 aromatic heterocycles. The number of halogens is 2. The van der Waals surface area contributed by atoms with E-state index in [1.807, 2.05) is 30.6 Å². The quantitative estimate of drug-likeness (QED) is 0.163. The molecule has 3 aromatic rings. The van der Waals surface area contributed by atoms with E-state index in [1.54, 1.807) is 37.7 Å². The summed E-state index contributed by atoms with van der Waals surface area (Å²) in [5.41, 5.74) is 7.45. The molecule has 0 unspecified atom stereocenters. The monoisotopic (exact) mass is 646 g/mol. The number of hydrogen-bond acceptors (Lipinski definition) is 9. The van der Waals surface area contributed by atoms with Gasteiger partial charge in [-0.1, -0.05) is 28.1 Å². The summed E-state index contributed by atoms with van der Waals surface area (Å²) < 4.78 is 9.25. The molecule has 0 amide bonds. The van der Waals surface area contributed by atoms with Crippen LogP contribution in [0.4, 0.5) is 0 Å². The van der Waals surface area contributed by atoms with Crippen molar-refractivity contribution in [2.75, 3.05) is 18.5 Å². The van der Waals surface area contributed by atoms with Crippen LogP contribution < -0.4 is 27.7 Å². The molecule has 0 bridgehead atoms. The van der Waals surface area contributed by atoms with E-state index in [1.165, 1.54) is 11.3 Å². The Balaban J connectivity index is 0.000000527. The minimum atomic E-state index is -0.769.